The summed E-state index contributed by atoms with van der Waals surface area (Å²) in [7, 11) is 1.72. The fourth-order valence-electron chi connectivity index (χ4n) is 1.82. The molecule has 0 amide bonds. The molecule has 1 atom stereocenters. The van der Waals surface area contributed by atoms with Gasteiger partial charge in [-0.2, -0.15) is 0 Å². The van der Waals surface area contributed by atoms with Crippen LogP contribution in [0.3, 0.4) is 0 Å². The second kappa shape index (κ2) is 6.10. The largest absolute Gasteiger partial charge is 0.385 e. The molecule has 1 aromatic carbocycles. The molecule has 1 aromatic heterocycles. The van der Waals surface area contributed by atoms with E-state index in [2.05, 4.69) is 11.1 Å². The van der Waals surface area contributed by atoms with Gasteiger partial charge in [-0.1, -0.05) is 12.1 Å². The Morgan fingerprint density at radius 2 is 2.24 bits per heavy atom. The van der Waals surface area contributed by atoms with E-state index in [4.69, 9.17) is 10.5 Å². The summed E-state index contributed by atoms with van der Waals surface area (Å²) in [6, 6.07) is 8.40. The van der Waals surface area contributed by atoms with Crippen molar-refractivity contribution >= 4 is 21.6 Å². The third kappa shape index (κ3) is 3.49. The van der Waals surface area contributed by atoms with Crippen LogP contribution in [0.15, 0.2) is 24.3 Å². The zero-order chi connectivity index (χ0) is 12.1. The third-order valence-corrected chi connectivity index (χ3v) is 3.76. The van der Waals surface area contributed by atoms with Gasteiger partial charge in [-0.15, -0.1) is 11.3 Å². The van der Waals surface area contributed by atoms with Crippen LogP contribution in [0.4, 0.5) is 0 Å². The molecule has 3 nitrogen and oxygen atoms in total. The summed E-state index contributed by atoms with van der Waals surface area (Å²) in [6.07, 6.45) is 2.87. The minimum absolute atomic E-state index is 0.186. The van der Waals surface area contributed by atoms with Crippen LogP contribution >= 0.6 is 11.3 Å². The standard InChI is InChI=1S/C13H18N2OS/c1-16-8-4-5-10(14)9-13-15-11-6-2-3-7-12(11)17-13/h2-3,6-7,10H,4-5,8-9,14H2,1H3. The SMILES string of the molecule is COCCCC(N)Cc1nc2ccccc2s1. The summed E-state index contributed by atoms with van der Waals surface area (Å²) >= 11 is 1.74. The smallest absolute Gasteiger partial charge is 0.0954 e. The maximum absolute atomic E-state index is 6.08. The van der Waals surface area contributed by atoms with Crippen molar-refractivity contribution in [1.29, 1.82) is 0 Å². The first-order chi connectivity index (χ1) is 8.29. The topological polar surface area (TPSA) is 48.1 Å². The van der Waals surface area contributed by atoms with Crippen molar-refractivity contribution in [3.63, 3.8) is 0 Å². The van der Waals surface area contributed by atoms with E-state index in [0.29, 0.717) is 0 Å². The van der Waals surface area contributed by atoms with Gasteiger partial charge >= 0.3 is 0 Å². The molecule has 0 aliphatic carbocycles. The Balaban J connectivity index is 1.93. The van der Waals surface area contributed by atoms with Gasteiger partial charge < -0.3 is 10.5 Å². The molecular weight excluding hydrogens is 232 g/mol. The molecule has 0 saturated carbocycles. The molecule has 1 unspecified atom stereocenters. The fourth-order valence-corrected chi connectivity index (χ4v) is 2.88. The van der Waals surface area contributed by atoms with Gasteiger partial charge in [0, 0.05) is 26.2 Å². The molecule has 2 rings (SSSR count). The highest BCUT2D eigenvalue weighted by molar-refractivity contribution is 7.18. The number of hydrogen-bond donors (Lipinski definition) is 1. The van der Waals surface area contributed by atoms with E-state index in [1.54, 1.807) is 18.4 Å². The summed E-state index contributed by atoms with van der Waals surface area (Å²) < 4.78 is 6.26. The van der Waals surface area contributed by atoms with Crippen molar-refractivity contribution in [3.8, 4) is 0 Å². The summed E-state index contributed by atoms with van der Waals surface area (Å²) in [6.45, 7) is 0.785. The molecule has 4 heteroatoms. The number of ether oxygens (including phenoxy) is 1. The summed E-state index contributed by atoms with van der Waals surface area (Å²) in [5.41, 5.74) is 7.16. The predicted octanol–water partition coefficient (Wildman–Crippen LogP) is 2.59. The van der Waals surface area contributed by atoms with Crippen LogP contribution in [0, 0.1) is 0 Å². The average Bonchev–Trinajstić information content (AvgIpc) is 2.71. The second-order valence-corrected chi connectivity index (χ2v) is 5.29. The van der Waals surface area contributed by atoms with Gasteiger partial charge in [-0.05, 0) is 25.0 Å². The molecule has 0 bridgehead atoms. The maximum Gasteiger partial charge on any atom is 0.0954 e. The molecule has 0 spiro atoms. The number of nitrogens with two attached hydrogens (primary N) is 1. The van der Waals surface area contributed by atoms with Crippen molar-refractivity contribution in [2.75, 3.05) is 13.7 Å². The quantitative estimate of drug-likeness (QED) is 0.802. The van der Waals surface area contributed by atoms with Crippen LogP contribution in [0.5, 0.6) is 0 Å². The molecule has 17 heavy (non-hydrogen) atoms. The number of methoxy groups -OCH3 is 1. The third-order valence-electron chi connectivity index (χ3n) is 2.70. The van der Waals surface area contributed by atoms with Gasteiger partial charge in [0.2, 0.25) is 0 Å². The van der Waals surface area contributed by atoms with Gasteiger partial charge in [-0.3, -0.25) is 0 Å². The van der Waals surface area contributed by atoms with E-state index in [9.17, 15) is 0 Å². The second-order valence-electron chi connectivity index (χ2n) is 4.17. The van der Waals surface area contributed by atoms with Crippen molar-refractivity contribution in [1.82, 2.24) is 4.98 Å². The molecule has 1 heterocycles. The number of thiazole rings is 1. The average molecular weight is 250 g/mol. The van der Waals surface area contributed by atoms with Crippen LogP contribution in [0.1, 0.15) is 17.8 Å². The van der Waals surface area contributed by atoms with E-state index >= 15 is 0 Å². The molecular formula is C13H18N2OS. The van der Waals surface area contributed by atoms with Crippen LogP contribution in [-0.2, 0) is 11.2 Å². The first-order valence-electron chi connectivity index (χ1n) is 5.88. The van der Waals surface area contributed by atoms with E-state index in [-0.39, 0.29) is 6.04 Å². The van der Waals surface area contributed by atoms with Gasteiger partial charge in [-0.25, -0.2) is 4.98 Å². The Kier molecular flexibility index (Phi) is 4.48. The van der Waals surface area contributed by atoms with E-state index in [1.165, 1.54) is 4.70 Å². The number of aromatic nitrogens is 1. The monoisotopic (exact) mass is 250 g/mol. The molecule has 2 aromatic rings. The highest BCUT2D eigenvalue weighted by Gasteiger charge is 2.08. The zero-order valence-corrected chi connectivity index (χ0v) is 10.9. The molecule has 2 N–H and O–H groups in total. The molecule has 0 aliphatic heterocycles. The van der Waals surface area contributed by atoms with Gasteiger partial charge in [0.05, 0.1) is 15.2 Å². The lowest BCUT2D eigenvalue weighted by Gasteiger charge is -2.08. The van der Waals surface area contributed by atoms with Crippen LogP contribution in [0.25, 0.3) is 10.2 Å². The van der Waals surface area contributed by atoms with Gasteiger partial charge in [0.15, 0.2) is 0 Å². The number of hydrogen-bond acceptors (Lipinski definition) is 4. The Bertz CT molecular complexity index is 436. The molecule has 0 aliphatic rings. The summed E-state index contributed by atoms with van der Waals surface area (Å²) in [5.74, 6) is 0. The lowest BCUT2D eigenvalue weighted by atomic mass is 10.1. The lowest BCUT2D eigenvalue weighted by Crippen LogP contribution is -2.23. The number of rotatable bonds is 6. The molecule has 0 radical (unpaired) electrons. The highest BCUT2D eigenvalue weighted by Crippen LogP contribution is 2.22. The van der Waals surface area contributed by atoms with Crippen LogP contribution in [0.2, 0.25) is 0 Å². The summed E-state index contributed by atoms with van der Waals surface area (Å²) in [4.78, 5) is 4.59. The predicted molar refractivity (Wildman–Crippen MR) is 72.4 cm³/mol. The minimum atomic E-state index is 0.186. The number of para-hydroxylation sites is 1. The normalized spacial score (nSPS) is 13.1. The first kappa shape index (κ1) is 12.5. The Hall–Kier alpha value is -0.970. The van der Waals surface area contributed by atoms with E-state index in [1.807, 2.05) is 18.2 Å². The van der Waals surface area contributed by atoms with Crippen LogP contribution < -0.4 is 5.73 Å². The van der Waals surface area contributed by atoms with Crippen molar-refractivity contribution in [2.24, 2.45) is 5.73 Å². The van der Waals surface area contributed by atoms with Crippen molar-refractivity contribution in [3.05, 3.63) is 29.3 Å². The molecule has 0 fully saturated rings. The van der Waals surface area contributed by atoms with Crippen LogP contribution in [-0.4, -0.2) is 24.7 Å². The van der Waals surface area contributed by atoms with Crippen molar-refractivity contribution in [2.45, 2.75) is 25.3 Å². The maximum atomic E-state index is 6.08. The van der Waals surface area contributed by atoms with Gasteiger partial charge in [0.25, 0.3) is 0 Å². The molecule has 92 valence electrons. The Morgan fingerprint density at radius 1 is 1.41 bits per heavy atom. The van der Waals surface area contributed by atoms with E-state index < -0.39 is 0 Å². The lowest BCUT2D eigenvalue weighted by molar-refractivity contribution is 0.190. The fraction of sp³-hybridized carbons (Fsp3) is 0.462. The molecule has 0 saturated heterocycles. The number of fused-ring (bicyclic) bond motifs is 1. The Labute approximate surface area is 106 Å². The highest BCUT2D eigenvalue weighted by atomic mass is 32.1. The van der Waals surface area contributed by atoms with Crippen molar-refractivity contribution < 1.29 is 4.74 Å². The number of benzene rings is 1. The number of nitrogens with zero attached hydrogens (tertiary/aromatic N) is 1. The minimum Gasteiger partial charge on any atom is -0.385 e. The zero-order valence-electron chi connectivity index (χ0n) is 10.1. The first-order valence-corrected chi connectivity index (χ1v) is 6.70. The summed E-state index contributed by atoms with van der Waals surface area (Å²) in [5, 5.41) is 1.14. The Morgan fingerprint density at radius 3 is 3.00 bits per heavy atom. The van der Waals surface area contributed by atoms with E-state index in [0.717, 1.165) is 36.4 Å². The van der Waals surface area contributed by atoms with Gasteiger partial charge in [0.1, 0.15) is 0 Å².